The maximum Gasteiger partial charge on any atom is 0.262 e. The minimum Gasteiger partial charge on any atom is -0.454 e. The lowest BCUT2D eigenvalue weighted by Gasteiger charge is -2.14. The number of amides is 2. The van der Waals surface area contributed by atoms with Gasteiger partial charge in [-0.15, -0.1) is 0 Å². The van der Waals surface area contributed by atoms with Crippen LogP contribution in [-0.2, 0) is 39.1 Å². The number of carbonyl (C=O) groups is 2. The predicted octanol–water partition coefficient (Wildman–Crippen LogP) is 1.66. The number of primary sulfonamides is 1. The normalized spacial score (nSPS) is 13.2. The zero-order valence-corrected chi connectivity index (χ0v) is 25.9. The third kappa shape index (κ3) is 7.19. The maximum atomic E-state index is 13.6. The van der Waals surface area contributed by atoms with Crippen LogP contribution in [-0.4, -0.2) is 55.7 Å². The largest absolute Gasteiger partial charge is 0.454 e. The summed E-state index contributed by atoms with van der Waals surface area (Å²) in [5.74, 6) is 1.55. The summed E-state index contributed by atoms with van der Waals surface area (Å²) < 4.78 is 45.9. The summed E-state index contributed by atoms with van der Waals surface area (Å²) in [4.78, 5) is 43.8. The number of hydrogen-bond acceptors (Lipinski definition) is 11. The molecule has 0 bridgehead atoms. The van der Waals surface area contributed by atoms with E-state index in [1.54, 1.807) is 36.4 Å². The molecule has 0 aliphatic carbocycles. The number of ether oxygens (including phenoxy) is 4. The minimum atomic E-state index is -3.78. The second-order valence-corrected chi connectivity index (χ2v) is 12.9. The van der Waals surface area contributed by atoms with Crippen molar-refractivity contribution in [3.05, 3.63) is 76.1 Å². The number of aromatic nitrogens is 2. The highest BCUT2D eigenvalue weighted by Gasteiger charge is 2.20. The number of fused-ring (bicyclic) bond motifs is 3. The average molecular weight is 668 g/mol. The van der Waals surface area contributed by atoms with E-state index in [1.165, 1.54) is 16.7 Å². The number of nitrogens with zero attached hydrogens (tertiary/aromatic N) is 2. The van der Waals surface area contributed by atoms with E-state index in [-0.39, 0.29) is 66.3 Å². The molecule has 6 rings (SSSR count). The molecule has 14 nitrogen and oxygen atoms in total. The van der Waals surface area contributed by atoms with Crippen molar-refractivity contribution >= 4 is 44.5 Å². The minimum absolute atomic E-state index is 0.00774. The third-order valence-electron chi connectivity index (χ3n) is 7.22. The fourth-order valence-electron chi connectivity index (χ4n) is 4.82. The summed E-state index contributed by atoms with van der Waals surface area (Å²) in [6, 6.07) is 14.7. The van der Waals surface area contributed by atoms with Crippen LogP contribution in [0.5, 0.6) is 23.0 Å². The molecular weight excluding hydrogens is 638 g/mol. The van der Waals surface area contributed by atoms with Gasteiger partial charge in [-0.05, 0) is 47.9 Å². The Labute approximate surface area is 267 Å². The van der Waals surface area contributed by atoms with Gasteiger partial charge >= 0.3 is 0 Å². The second-order valence-electron chi connectivity index (χ2n) is 10.4. The Morgan fingerprint density at radius 3 is 2.28 bits per heavy atom. The number of hydrogen-bond donors (Lipinski definition) is 3. The Bertz CT molecular complexity index is 1980. The van der Waals surface area contributed by atoms with Crippen molar-refractivity contribution in [3.63, 3.8) is 0 Å². The van der Waals surface area contributed by atoms with Crippen LogP contribution >= 0.6 is 11.8 Å². The van der Waals surface area contributed by atoms with Gasteiger partial charge in [0.1, 0.15) is 0 Å². The number of sulfonamides is 1. The van der Waals surface area contributed by atoms with E-state index < -0.39 is 10.0 Å². The Morgan fingerprint density at radius 2 is 1.54 bits per heavy atom. The van der Waals surface area contributed by atoms with E-state index in [0.717, 1.165) is 22.9 Å². The molecule has 4 N–H and O–H groups in total. The van der Waals surface area contributed by atoms with Crippen LogP contribution in [0.4, 0.5) is 0 Å². The molecule has 240 valence electrons. The first-order chi connectivity index (χ1) is 22.1. The highest BCUT2D eigenvalue weighted by Crippen LogP contribution is 2.35. The van der Waals surface area contributed by atoms with Gasteiger partial charge in [-0.2, -0.15) is 0 Å². The van der Waals surface area contributed by atoms with Gasteiger partial charge in [0, 0.05) is 32.1 Å². The molecule has 3 heterocycles. The molecule has 3 aromatic carbocycles. The molecule has 0 saturated heterocycles. The van der Waals surface area contributed by atoms with Crippen LogP contribution in [0.15, 0.2) is 69.4 Å². The van der Waals surface area contributed by atoms with Gasteiger partial charge in [0.15, 0.2) is 28.2 Å². The van der Waals surface area contributed by atoms with Crippen molar-refractivity contribution in [2.45, 2.75) is 36.0 Å². The molecule has 0 saturated carbocycles. The summed E-state index contributed by atoms with van der Waals surface area (Å²) in [6.07, 6.45) is 0.459. The number of thioether (sulfide) groups is 1. The average Bonchev–Trinajstić information content (AvgIpc) is 3.70. The fourth-order valence-corrected chi connectivity index (χ4v) is 6.20. The molecule has 2 aliphatic heterocycles. The lowest BCUT2D eigenvalue weighted by molar-refractivity contribution is -0.121. The second kappa shape index (κ2) is 13.3. The lowest BCUT2D eigenvalue weighted by Crippen LogP contribution is -2.30. The van der Waals surface area contributed by atoms with E-state index in [9.17, 15) is 22.8 Å². The SMILES string of the molecule is NS(=O)(=O)c1ccc(CCNC(=O)CSc2nc3cc4c(cc3c(=O)n2CCC(=O)NCc2ccc3c(c2)OCO3)OCO4)cc1. The van der Waals surface area contributed by atoms with Gasteiger partial charge in [0.05, 0.1) is 21.6 Å². The van der Waals surface area contributed by atoms with Crippen LogP contribution in [0, 0.1) is 0 Å². The van der Waals surface area contributed by atoms with E-state index in [2.05, 4.69) is 15.6 Å². The van der Waals surface area contributed by atoms with Crippen molar-refractivity contribution in [1.82, 2.24) is 20.2 Å². The van der Waals surface area contributed by atoms with Gasteiger partial charge in [0.2, 0.25) is 35.4 Å². The molecular formula is C30H29N5O9S2. The van der Waals surface area contributed by atoms with Crippen LogP contribution in [0.2, 0.25) is 0 Å². The van der Waals surface area contributed by atoms with E-state index in [4.69, 9.17) is 24.1 Å². The van der Waals surface area contributed by atoms with Crippen LogP contribution in [0.25, 0.3) is 10.9 Å². The molecule has 1 aromatic heterocycles. The van der Waals surface area contributed by atoms with Gasteiger partial charge < -0.3 is 29.6 Å². The lowest BCUT2D eigenvalue weighted by atomic mass is 10.1. The molecule has 0 radical (unpaired) electrons. The Hall–Kier alpha value is -4.80. The van der Waals surface area contributed by atoms with Gasteiger partial charge in [-0.1, -0.05) is 30.0 Å². The molecule has 0 spiro atoms. The molecule has 4 aromatic rings. The Morgan fingerprint density at radius 1 is 0.870 bits per heavy atom. The summed E-state index contributed by atoms with van der Waals surface area (Å²) in [5, 5.41) is 11.4. The zero-order valence-electron chi connectivity index (χ0n) is 24.3. The van der Waals surface area contributed by atoms with E-state index >= 15 is 0 Å². The number of carbonyl (C=O) groups excluding carboxylic acids is 2. The quantitative estimate of drug-likeness (QED) is 0.147. The van der Waals surface area contributed by atoms with Crippen molar-refractivity contribution in [3.8, 4) is 23.0 Å². The number of nitrogens with two attached hydrogens (primary N) is 1. The van der Waals surface area contributed by atoms with Crippen molar-refractivity contribution < 1.29 is 37.0 Å². The van der Waals surface area contributed by atoms with Gasteiger partial charge in [-0.3, -0.25) is 19.0 Å². The topological polar surface area (TPSA) is 190 Å². The fraction of sp³-hybridized carbons (Fsp3) is 0.267. The highest BCUT2D eigenvalue weighted by atomic mass is 32.2. The molecule has 2 aliphatic rings. The Kier molecular flexibility index (Phi) is 9.01. The molecule has 46 heavy (non-hydrogen) atoms. The van der Waals surface area contributed by atoms with Crippen LogP contribution < -0.4 is 40.3 Å². The molecule has 2 amide bonds. The zero-order chi connectivity index (χ0) is 32.3. The monoisotopic (exact) mass is 667 g/mol. The summed E-state index contributed by atoms with van der Waals surface area (Å²) >= 11 is 1.07. The number of nitrogens with one attached hydrogen (secondary N) is 2. The maximum absolute atomic E-state index is 13.6. The summed E-state index contributed by atoms with van der Waals surface area (Å²) in [7, 11) is -3.78. The van der Waals surface area contributed by atoms with Gasteiger partial charge in [-0.25, -0.2) is 18.5 Å². The molecule has 0 unspecified atom stereocenters. The summed E-state index contributed by atoms with van der Waals surface area (Å²) in [6.45, 7) is 0.785. The first kappa shape index (κ1) is 31.2. The first-order valence-corrected chi connectivity index (χ1v) is 16.7. The van der Waals surface area contributed by atoms with Crippen molar-refractivity contribution in [1.29, 1.82) is 0 Å². The smallest absolute Gasteiger partial charge is 0.262 e. The van der Waals surface area contributed by atoms with Crippen molar-refractivity contribution in [2.24, 2.45) is 5.14 Å². The molecule has 0 fully saturated rings. The van der Waals surface area contributed by atoms with Gasteiger partial charge in [0.25, 0.3) is 5.56 Å². The predicted molar refractivity (Wildman–Crippen MR) is 166 cm³/mol. The third-order valence-corrected chi connectivity index (χ3v) is 9.13. The first-order valence-electron chi connectivity index (χ1n) is 14.1. The van der Waals surface area contributed by atoms with Crippen LogP contribution in [0.1, 0.15) is 17.5 Å². The highest BCUT2D eigenvalue weighted by molar-refractivity contribution is 7.99. The van der Waals surface area contributed by atoms with Crippen LogP contribution in [0.3, 0.4) is 0 Å². The standard InChI is InChI=1S/C30H29N5O9S2/c31-46(39,40)20-4-1-18(2-5-20)7-9-32-28(37)15-45-30-34-22-13-26-25(43-17-44-26)12-21(22)29(38)35(30)10-8-27(36)33-14-19-3-6-23-24(11-19)42-16-41-23/h1-6,11-13H,7-10,14-17H2,(H,32,37)(H,33,36)(H2,31,39,40). The van der Waals surface area contributed by atoms with E-state index in [1.807, 2.05) is 6.07 Å². The van der Waals surface area contributed by atoms with E-state index in [0.29, 0.717) is 46.9 Å². The van der Waals surface area contributed by atoms with Crippen molar-refractivity contribution in [2.75, 3.05) is 25.9 Å². The number of benzene rings is 3. The number of rotatable bonds is 12. The molecule has 0 atom stereocenters. The Balaban J connectivity index is 1.10. The molecule has 16 heteroatoms. The summed E-state index contributed by atoms with van der Waals surface area (Å²) in [5.41, 5.74) is 1.66.